The van der Waals surface area contributed by atoms with Gasteiger partial charge in [0.05, 0.1) is 18.2 Å². The minimum atomic E-state index is -0.990. The number of nitrogens with two attached hydrogens (primary N) is 1. The Morgan fingerprint density at radius 3 is 2.43 bits per heavy atom. The van der Waals surface area contributed by atoms with Crippen LogP contribution >= 0.6 is 0 Å². The monoisotopic (exact) mass is 508 g/mol. The summed E-state index contributed by atoms with van der Waals surface area (Å²) in [6, 6.07) is 13.8. The average Bonchev–Trinajstić information content (AvgIpc) is 3.38. The molecule has 0 aliphatic carbocycles. The highest BCUT2D eigenvalue weighted by molar-refractivity contribution is 5.88. The zero-order valence-corrected chi connectivity index (χ0v) is 21.1. The molecule has 1 fully saturated rings. The number of carbonyl (C=O) groups excluding carboxylic acids is 2. The third-order valence-corrected chi connectivity index (χ3v) is 7.55. The zero-order chi connectivity index (χ0) is 26.4. The van der Waals surface area contributed by atoms with E-state index in [1.54, 1.807) is 11.1 Å². The molecule has 1 unspecified atom stereocenters. The first-order chi connectivity index (χ1) is 17.8. The third kappa shape index (κ3) is 6.06. The smallest absolute Gasteiger partial charge is 0.226 e. The molecule has 2 atom stereocenters. The summed E-state index contributed by atoms with van der Waals surface area (Å²) in [5.74, 6) is -4.43. The van der Waals surface area contributed by atoms with Crippen molar-refractivity contribution in [1.29, 1.82) is 0 Å². The Labute approximate surface area is 216 Å². The van der Waals surface area contributed by atoms with Gasteiger partial charge in [0.1, 0.15) is 0 Å². The van der Waals surface area contributed by atoms with Crippen LogP contribution in [0.5, 0.6) is 0 Å². The van der Waals surface area contributed by atoms with Gasteiger partial charge in [-0.3, -0.25) is 9.59 Å². The van der Waals surface area contributed by atoms with E-state index in [9.17, 15) is 18.4 Å². The van der Waals surface area contributed by atoms with Gasteiger partial charge in [-0.2, -0.15) is 0 Å². The number of benzene rings is 2. The maximum atomic E-state index is 14.0. The van der Waals surface area contributed by atoms with Gasteiger partial charge < -0.3 is 15.6 Å². The van der Waals surface area contributed by atoms with Gasteiger partial charge in [0.25, 0.3) is 0 Å². The highest BCUT2D eigenvalue weighted by Crippen LogP contribution is 2.41. The lowest BCUT2D eigenvalue weighted by Crippen LogP contribution is -2.63. The third-order valence-electron chi connectivity index (χ3n) is 7.55. The Hall–Kier alpha value is -3.55. The van der Waals surface area contributed by atoms with E-state index in [2.05, 4.69) is 29.0 Å². The molecule has 0 bridgehead atoms. The molecular formula is C29H34F2N4O2. The minimum Gasteiger partial charge on any atom is -0.369 e. The van der Waals surface area contributed by atoms with Crippen molar-refractivity contribution in [1.82, 2.24) is 14.9 Å². The van der Waals surface area contributed by atoms with Crippen LogP contribution in [0.2, 0.25) is 0 Å². The summed E-state index contributed by atoms with van der Waals surface area (Å²) in [6.07, 6.45) is 7.62. The van der Waals surface area contributed by atoms with Crippen molar-refractivity contribution in [2.45, 2.75) is 50.9 Å². The first-order valence-corrected chi connectivity index (χ1v) is 12.9. The number of carbonyl (C=O) groups is 2. The Bertz CT molecular complexity index is 1190. The predicted molar refractivity (Wildman–Crippen MR) is 137 cm³/mol. The number of primary amides is 1. The van der Waals surface area contributed by atoms with Crippen molar-refractivity contribution in [2.75, 3.05) is 13.1 Å². The number of imidazole rings is 1. The Balaban J connectivity index is 1.60. The molecule has 4 rings (SSSR count). The molecule has 0 saturated carbocycles. The number of aromatic amines is 1. The lowest BCUT2D eigenvalue weighted by Gasteiger charge is -2.52. The molecule has 0 spiro atoms. The maximum Gasteiger partial charge on any atom is 0.226 e. The van der Waals surface area contributed by atoms with Crippen LogP contribution < -0.4 is 5.73 Å². The Kier molecular flexibility index (Phi) is 8.36. The lowest BCUT2D eigenvalue weighted by atomic mass is 9.69. The summed E-state index contributed by atoms with van der Waals surface area (Å²) in [7, 11) is 0. The van der Waals surface area contributed by atoms with E-state index in [0.29, 0.717) is 24.3 Å². The number of amides is 2. The van der Waals surface area contributed by atoms with Crippen molar-refractivity contribution >= 4 is 11.8 Å². The summed E-state index contributed by atoms with van der Waals surface area (Å²) >= 11 is 0. The maximum absolute atomic E-state index is 14.0. The van der Waals surface area contributed by atoms with E-state index in [4.69, 9.17) is 5.73 Å². The lowest BCUT2D eigenvalue weighted by molar-refractivity contribution is -0.148. The largest absolute Gasteiger partial charge is 0.369 e. The SMILES string of the molecule is CCCCCC1(c2ccccc2)CN(C(=O)[C@H](Cc2ccc(F)c(F)c2)C(Cc2cnc[nH]2)C(N)=O)C1. The molecule has 6 nitrogen and oxygen atoms in total. The number of aromatic nitrogens is 2. The normalized spacial score (nSPS) is 16.1. The Morgan fingerprint density at radius 2 is 1.81 bits per heavy atom. The molecular weight excluding hydrogens is 474 g/mol. The van der Waals surface area contributed by atoms with Crippen LogP contribution in [0, 0.1) is 23.5 Å². The number of rotatable bonds is 12. The van der Waals surface area contributed by atoms with Gasteiger partial charge in [-0.25, -0.2) is 13.8 Å². The molecule has 2 heterocycles. The molecule has 1 aliphatic heterocycles. The summed E-state index contributed by atoms with van der Waals surface area (Å²) in [5.41, 5.74) is 7.99. The molecule has 3 N–H and O–H groups in total. The number of halogens is 2. The number of nitrogens with zero attached hydrogens (tertiary/aromatic N) is 2. The summed E-state index contributed by atoms with van der Waals surface area (Å²) in [6.45, 7) is 3.26. The molecule has 1 aromatic heterocycles. The van der Waals surface area contributed by atoms with Crippen LogP contribution in [0.4, 0.5) is 8.78 Å². The van der Waals surface area contributed by atoms with E-state index in [1.807, 2.05) is 18.2 Å². The molecule has 2 aromatic carbocycles. The van der Waals surface area contributed by atoms with Gasteiger partial charge in [0.2, 0.25) is 11.8 Å². The van der Waals surface area contributed by atoms with Crippen LogP contribution in [-0.2, 0) is 27.8 Å². The van der Waals surface area contributed by atoms with Crippen molar-refractivity contribution in [3.8, 4) is 0 Å². The molecule has 3 aromatic rings. The fourth-order valence-electron chi connectivity index (χ4n) is 5.46. The fourth-order valence-corrected chi connectivity index (χ4v) is 5.46. The molecule has 2 amide bonds. The summed E-state index contributed by atoms with van der Waals surface area (Å²) in [4.78, 5) is 35.3. The van der Waals surface area contributed by atoms with E-state index in [1.165, 1.54) is 18.0 Å². The first kappa shape index (κ1) is 26.5. The van der Waals surface area contributed by atoms with Crippen molar-refractivity contribution in [2.24, 2.45) is 17.6 Å². The number of hydrogen-bond acceptors (Lipinski definition) is 3. The van der Waals surface area contributed by atoms with Crippen molar-refractivity contribution in [3.63, 3.8) is 0 Å². The zero-order valence-electron chi connectivity index (χ0n) is 21.1. The highest BCUT2D eigenvalue weighted by Gasteiger charge is 2.48. The first-order valence-electron chi connectivity index (χ1n) is 12.9. The van der Waals surface area contributed by atoms with Gasteiger partial charge in [-0.15, -0.1) is 0 Å². The standard InChI is InChI=1S/C29H34F2N4O2/c1-2-3-7-12-29(21-8-5-4-6-9-21)17-35(18-29)28(37)24(13-20-10-11-25(30)26(31)14-20)23(27(32)36)15-22-16-33-19-34-22/h4-6,8-11,14,16,19,23-24H,2-3,7,12-13,15,17-18H2,1H3,(H2,32,36)(H,33,34)/t23?,24-/m1/s1. The summed E-state index contributed by atoms with van der Waals surface area (Å²) < 4.78 is 27.6. The molecule has 0 radical (unpaired) electrons. The van der Waals surface area contributed by atoms with E-state index in [0.717, 1.165) is 37.8 Å². The minimum absolute atomic E-state index is 0.0719. The molecule has 1 saturated heterocycles. The number of nitrogens with one attached hydrogen (secondary N) is 1. The topological polar surface area (TPSA) is 92.1 Å². The molecule has 8 heteroatoms. The van der Waals surface area contributed by atoms with Crippen LogP contribution in [0.1, 0.15) is 49.4 Å². The van der Waals surface area contributed by atoms with Crippen LogP contribution in [0.3, 0.4) is 0 Å². The predicted octanol–water partition coefficient (Wildman–Crippen LogP) is 4.55. The van der Waals surface area contributed by atoms with Gasteiger partial charge in [0, 0.05) is 36.8 Å². The van der Waals surface area contributed by atoms with Gasteiger partial charge >= 0.3 is 0 Å². The van der Waals surface area contributed by atoms with E-state index in [-0.39, 0.29) is 24.2 Å². The molecule has 1 aliphatic rings. The number of H-pyrrole nitrogens is 1. The molecule has 196 valence electrons. The van der Waals surface area contributed by atoms with Gasteiger partial charge in [-0.1, -0.05) is 62.6 Å². The molecule has 37 heavy (non-hydrogen) atoms. The highest BCUT2D eigenvalue weighted by atomic mass is 19.2. The van der Waals surface area contributed by atoms with Gasteiger partial charge in [0.15, 0.2) is 11.6 Å². The number of hydrogen-bond donors (Lipinski definition) is 2. The van der Waals surface area contributed by atoms with E-state index >= 15 is 0 Å². The Morgan fingerprint density at radius 1 is 1.05 bits per heavy atom. The fraction of sp³-hybridized carbons (Fsp3) is 0.414. The van der Waals surface area contributed by atoms with Crippen LogP contribution in [0.15, 0.2) is 61.1 Å². The quantitative estimate of drug-likeness (QED) is 0.352. The second-order valence-corrected chi connectivity index (χ2v) is 10.1. The van der Waals surface area contributed by atoms with E-state index < -0.39 is 29.4 Å². The van der Waals surface area contributed by atoms with Crippen LogP contribution in [0.25, 0.3) is 0 Å². The average molecular weight is 509 g/mol. The van der Waals surface area contributed by atoms with Crippen LogP contribution in [-0.4, -0.2) is 39.8 Å². The number of unbranched alkanes of at least 4 members (excludes halogenated alkanes) is 2. The summed E-state index contributed by atoms with van der Waals surface area (Å²) in [5, 5.41) is 0. The second-order valence-electron chi connectivity index (χ2n) is 10.1. The van der Waals surface area contributed by atoms with Crippen molar-refractivity contribution < 1.29 is 18.4 Å². The number of likely N-dealkylation sites (tertiary alicyclic amines) is 1. The van der Waals surface area contributed by atoms with Gasteiger partial charge in [-0.05, 0) is 36.1 Å². The second kappa shape index (κ2) is 11.7. The van der Waals surface area contributed by atoms with Crippen molar-refractivity contribution in [3.05, 3.63) is 89.5 Å².